The van der Waals surface area contributed by atoms with Crippen LogP contribution in [0.1, 0.15) is 95.0 Å². The summed E-state index contributed by atoms with van der Waals surface area (Å²) in [5.74, 6) is 0. The minimum Gasteiger partial charge on any atom is -0.258 e. The van der Waals surface area contributed by atoms with E-state index in [1.54, 1.807) is 0 Å². The molecule has 0 aliphatic heterocycles. The first-order valence-corrected chi connectivity index (χ1v) is 9.58. The maximum absolute atomic E-state index is 4.92. The molecule has 0 aromatic carbocycles. The highest BCUT2D eigenvalue weighted by Gasteiger charge is 2.04. The van der Waals surface area contributed by atoms with Crippen molar-refractivity contribution >= 4 is 0 Å². The summed E-state index contributed by atoms with van der Waals surface area (Å²) in [7, 11) is 0. The molecule has 1 heterocycles. The van der Waals surface area contributed by atoms with Crippen LogP contribution in [0.25, 0.3) is 0 Å². The zero-order valence-electron chi connectivity index (χ0n) is 15.0. The molecule has 0 bridgehead atoms. The van der Waals surface area contributed by atoms with Crippen molar-refractivity contribution < 1.29 is 0 Å². The van der Waals surface area contributed by atoms with E-state index in [1.165, 1.54) is 74.7 Å². The van der Waals surface area contributed by atoms with Crippen molar-refractivity contribution in [3.63, 3.8) is 0 Å². The molecule has 0 fully saturated rings. The number of nitrogens with zero attached hydrogens (tertiary/aromatic N) is 1. The molecule has 1 radical (unpaired) electrons. The Morgan fingerprint density at radius 1 is 0.727 bits per heavy atom. The van der Waals surface area contributed by atoms with Crippen LogP contribution in [0.2, 0.25) is 0 Å². The van der Waals surface area contributed by atoms with Crippen LogP contribution >= 0.6 is 0 Å². The molecule has 1 nitrogen and oxygen atoms in total. The quantitative estimate of drug-likeness (QED) is 0.380. The van der Waals surface area contributed by atoms with Crippen molar-refractivity contribution in [2.24, 2.45) is 0 Å². The predicted octanol–water partition coefficient (Wildman–Crippen LogP) is 6.48. The summed E-state index contributed by atoms with van der Waals surface area (Å²) in [4.78, 5) is 4.92. The third kappa shape index (κ3) is 8.56. The van der Waals surface area contributed by atoms with Gasteiger partial charge in [0.1, 0.15) is 0 Å². The Bertz CT molecular complexity index is 353. The van der Waals surface area contributed by atoms with Crippen LogP contribution in [0.5, 0.6) is 0 Å². The predicted molar refractivity (Wildman–Crippen MR) is 98.2 cm³/mol. The Balaban J connectivity index is 2.59. The lowest BCUT2D eigenvalue weighted by atomic mass is 10.0. The summed E-state index contributed by atoms with van der Waals surface area (Å²) < 4.78 is 0. The van der Waals surface area contributed by atoms with Crippen LogP contribution in [0.3, 0.4) is 0 Å². The van der Waals surface area contributed by atoms with Crippen molar-refractivity contribution in [3.8, 4) is 0 Å². The van der Waals surface area contributed by atoms with E-state index in [-0.39, 0.29) is 0 Å². The normalized spacial score (nSPS) is 11.0. The molecular formula is C21H36N. The number of pyridine rings is 1. The summed E-state index contributed by atoms with van der Waals surface area (Å²) >= 11 is 0. The van der Waals surface area contributed by atoms with Crippen molar-refractivity contribution in [1.29, 1.82) is 0 Å². The molecule has 125 valence electrons. The number of rotatable bonds is 13. The van der Waals surface area contributed by atoms with Gasteiger partial charge in [-0.15, -0.1) is 0 Å². The Labute approximate surface area is 138 Å². The van der Waals surface area contributed by atoms with Gasteiger partial charge in [0.15, 0.2) is 0 Å². The van der Waals surface area contributed by atoms with Crippen molar-refractivity contribution in [3.05, 3.63) is 36.0 Å². The van der Waals surface area contributed by atoms with Crippen molar-refractivity contribution in [2.45, 2.75) is 97.3 Å². The third-order valence-corrected chi connectivity index (χ3v) is 4.28. The largest absolute Gasteiger partial charge is 0.258 e. The first kappa shape index (κ1) is 19.2. The summed E-state index contributed by atoms with van der Waals surface area (Å²) in [6.07, 6.45) is 16.3. The Morgan fingerprint density at radius 2 is 1.27 bits per heavy atom. The topological polar surface area (TPSA) is 12.9 Å². The van der Waals surface area contributed by atoms with Gasteiger partial charge in [-0.25, -0.2) is 0 Å². The van der Waals surface area contributed by atoms with Gasteiger partial charge in [0.05, 0.1) is 0 Å². The van der Waals surface area contributed by atoms with E-state index in [2.05, 4.69) is 32.9 Å². The van der Waals surface area contributed by atoms with Gasteiger partial charge in [-0.1, -0.05) is 65.7 Å². The molecule has 0 unspecified atom stereocenters. The molecule has 0 atom stereocenters. The minimum atomic E-state index is 1.03. The maximum Gasteiger partial charge on any atom is 0.0409 e. The Morgan fingerprint density at radius 3 is 1.73 bits per heavy atom. The fourth-order valence-corrected chi connectivity index (χ4v) is 2.91. The lowest BCUT2D eigenvalue weighted by Crippen LogP contribution is -2.00. The van der Waals surface area contributed by atoms with Gasteiger partial charge in [-0.05, 0) is 56.2 Å². The molecule has 0 spiro atoms. The molecule has 0 aliphatic carbocycles. The second kappa shape index (κ2) is 12.7. The summed E-state index contributed by atoms with van der Waals surface area (Å²) in [5.41, 5.74) is 4.13. The fraction of sp³-hybridized carbons (Fsp3) is 0.714. The number of aryl methyl sites for hydroxylation is 3. The lowest BCUT2D eigenvalue weighted by molar-refractivity contribution is 0.646. The van der Waals surface area contributed by atoms with Crippen LogP contribution in [0.15, 0.2) is 12.1 Å². The van der Waals surface area contributed by atoms with Crippen LogP contribution in [0, 0.1) is 6.92 Å². The van der Waals surface area contributed by atoms with Gasteiger partial charge >= 0.3 is 0 Å². The first-order valence-electron chi connectivity index (χ1n) is 9.58. The maximum atomic E-state index is 4.92. The molecule has 1 heteroatoms. The average Bonchev–Trinajstić information content (AvgIpc) is 2.54. The van der Waals surface area contributed by atoms with Crippen LogP contribution in [0.4, 0.5) is 0 Å². The second-order valence-corrected chi connectivity index (χ2v) is 6.54. The smallest absolute Gasteiger partial charge is 0.0409 e. The number of hydrogen-bond donors (Lipinski definition) is 0. The van der Waals surface area contributed by atoms with E-state index in [9.17, 15) is 0 Å². The number of unbranched alkanes of at least 4 members (excludes halogenated alkanes) is 7. The van der Waals surface area contributed by atoms with E-state index in [0.717, 1.165) is 25.7 Å². The van der Waals surface area contributed by atoms with Gasteiger partial charge in [0, 0.05) is 11.4 Å². The van der Waals surface area contributed by atoms with Gasteiger partial charge in [-0.2, -0.15) is 0 Å². The molecule has 0 amide bonds. The summed E-state index contributed by atoms with van der Waals surface area (Å²) in [6, 6.07) is 4.69. The first-order chi connectivity index (χ1) is 10.8. The minimum absolute atomic E-state index is 1.03. The summed E-state index contributed by atoms with van der Waals surface area (Å²) in [6.45, 7) is 8.51. The Kier molecular flexibility index (Phi) is 11.1. The van der Waals surface area contributed by atoms with E-state index in [4.69, 9.17) is 4.98 Å². The number of aromatic nitrogens is 1. The average molecular weight is 303 g/mol. The highest BCUT2D eigenvalue weighted by atomic mass is 14.7. The molecule has 1 aromatic rings. The standard InChI is InChI=1S/C21H36N/c1-4-7-10-12-15-20-17-19(14-9-6-3)18-21(22-20)16-13-11-8-5-2/h17-18H,3-16H2,1-2H3. The highest BCUT2D eigenvalue weighted by Crippen LogP contribution is 2.15. The highest BCUT2D eigenvalue weighted by molar-refractivity contribution is 5.22. The van der Waals surface area contributed by atoms with Crippen LogP contribution in [-0.2, 0) is 19.3 Å². The lowest BCUT2D eigenvalue weighted by Gasteiger charge is -2.09. The van der Waals surface area contributed by atoms with E-state index in [0.29, 0.717) is 0 Å². The molecule has 1 rings (SSSR count). The van der Waals surface area contributed by atoms with Gasteiger partial charge < -0.3 is 0 Å². The van der Waals surface area contributed by atoms with Gasteiger partial charge in [0.25, 0.3) is 0 Å². The third-order valence-electron chi connectivity index (χ3n) is 4.28. The molecule has 0 aliphatic rings. The fourth-order valence-electron chi connectivity index (χ4n) is 2.91. The van der Waals surface area contributed by atoms with Crippen molar-refractivity contribution in [1.82, 2.24) is 4.98 Å². The van der Waals surface area contributed by atoms with E-state index in [1.807, 2.05) is 0 Å². The zero-order valence-corrected chi connectivity index (χ0v) is 15.0. The van der Waals surface area contributed by atoms with E-state index < -0.39 is 0 Å². The monoisotopic (exact) mass is 302 g/mol. The molecule has 0 saturated heterocycles. The number of hydrogen-bond acceptors (Lipinski definition) is 1. The van der Waals surface area contributed by atoms with Crippen molar-refractivity contribution in [2.75, 3.05) is 0 Å². The molecular weight excluding hydrogens is 266 g/mol. The van der Waals surface area contributed by atoms with Gasteiger partial charge in [-0.3, -0.25) is 4.98 Å². The second-order valence-electron chi connectivity index (χ2n) is 6.54. The van der Waals surface area contributed by atoms with Crippen LogP contribution in [-0.4, -0.2) is 4.98 Å². The zero-order chi connectivity index (χ0) is 16.0. The van der Waals surface area contributed by atoms with E-state index >= 15 is 0 Å². The van der Waals surface area contributed by atoms with Gasteiger partial charge in [0.2, 0.25) is 0 Å². The summed E-state index contributed by atoms with van der Waals surface area (Å²) in [5, 5.41) is 0. The SMILES string of the molecule is [CH2]CCCc1cc(CCCCCC)nc(CCCCCC)c1. The molecule has 1 aromatic heterocycles. The Hall–Kier alpha value is -0.850. The molecule has 22 heavy (non-hydrogen) atoms. The van der Waals surface area contributed by atoms with Crippen LogP contribution < -0.4 is 0 Å². The molecule has 0 saturated carbocycles. The molecule has 0 N–H and O–H groups in total.